The summed E-state index contributed by atoms with van der Waals surface area (Å²) in [6, 6.07) is 0. The Hall–Kier alpha value is -0.237. The van der Waals surface area contributed by atoms with Gasteiger partial charge in [0.15, 0.2) is 0 Å². The molecule has 0 aliphatic carbocycles. The molecule has 1 aliphatic heterocycles. The molecule has 0 fully saturated rings. The number of nitrogens with zero attached hydrogens (tertiary/aromatic N) is 2. The first kappa shape index (κ1) is 8.76. The smallest absolute Gasteiger partial charge is 0.214 e. The Bertz CT molecular complexity index is 132. The van der Waals surface area contributed by atoms with Gasteiger partial charge < -0.3 is 11.3 Å². The molecule has 53 valence electrons. The van der Waals surface area contributed by atoms with E-state index in [0.29, 0.717) is 0 Å². The molecule has 3 nitrogen and oxygen atoms in total. The summed E-state index contributed by atoms with van der Waals surface area (Å²) in [5.74, 6) is -0.120. The summed E-state index contributed by atoms with van der Waals surface area (Å²) >= 11 is 0. The molecular weight excluding hydrogens is 207 g/mol. The van der Waals surface area contributed by atoms with E-state index in [4.69, 9.17) is 0 Å². The monoisotopic (exact) mass is 214 g/mol. The standard InChI is InChI=1S/C5H7N2O.Rh/c1-4-3-6-7(2)5(4)8;/h4H,1-2H3;/q-1;. The van der Waals surface area contributed by atoms with Crippen LogP contribution in [-0.2, 0) is 24.3 Å². The first-order valence-electron chi connectivity index (χ1n) is 2.45. The number of amides is 1. The van der Waals surface area contributed by atoms with Crippen molar-refractivity contribution < 1.29 is 24.3 Å². The first-order valence-corrected chi connectivity index (χ1v) is 2.45. The minimum Gasteiger partial charge on any atom is -0.394 e. The van der Waals surface area contributed by atoms with Crippen LogP contribution in [0.5, 0.6) is 0 Å². The van der Waals surface area contributed by atoms with E-state index >= 15 is 0 Å². The van der Waals surface area contributed by atoms with Crippen molar-refractivity contribution in [3.05, 3.63) is 0 Å². The van der Waals surface area contributed by atoms with Crippen molar-refractivity contribution in [1.29, 1.82) is 0 Å². The Kier molecular flexibility index (Phi) is 2.98. The number of hydrazone groups is 1. The molecule has 0 aromatic carbocycles. The van der Waals surface area contributed by atoms with Gasteiger partial charge in [-0.1, -0.05) is 12.8 Å². The molecule has 4 heteroatoms. The van der Waals surface area contributed by atoms with Crippen molar-refractivity contribution in [2.24, 2.45) is 11.0 Å². The van der Waals surface area contributed by atoms with E-state index in [1.165, 1.54) is 5.01 Å². The van der Waals surface area contributed by atoms with Crippen molar-refractivity contribution in [1.82, 2.24) is 5.01 Å². The van der Waals surface area contributed by atoms with Gasteiger partial charge in [0, 0.05) is 26.5 Å². The molecule has 0 bridgehead atoms. The molecule has 0 aromatic rings. The van der Waals surface area contributed by atoms with Crippen LogP contribution in [0, 0.1) is 5.92 Å². The number of hydrogen-bond donors (Lipinski definition) is 0. The van der Waals surface area contributed by atoms with Crippen molar-refractivity contribution in [3.8, 4) is 0 Å². The molecule has 1 rings (SSSR count). The van der Waals surface area contributed by atoms with Crippen LogP contribution < -0.4 is 0 Å². The van der Waals surface area contributed by atoms with Crippen LogP contribution >= 0.6 is 0 Å². The van der Waals surface area contributed by atoms with Crippen LogP contribution in [0.25, 0.3) is 0 Å². The van der Waals surface area contributed by atoms with Crippen LogP contribution in [0.4, 0.5) is 0 Å². The van der Waals surface area contributed by atoms with E-state index in [2.05, 4.69) is 11.3 Å². The molecule has 9 heavy (non-hydrogen) atoms. The Balaban J connectivity index is 0.000000640. The minimum atomic E-state index is -0.139. The summed E-state index contributed by atoms with van der Waals surface area (Å²) in [4.78, 5) is 10.7. The van der Waals surface area contributed by atoms with Gasteiger partial charge in [-0.25, -0.2) is 0 Å². The molecule has 1 heterocycles. The third-order valence-electron chi connectivity index (χ3n) is 1.09. The van der Waals surface area contributed by atoms with Gasteiger partial charge in [-0.15, -0.1) is 0 Å². The van der Waals surface area contributed by atoms with Gasteiger partial charge in [-0.2, -0.15) is 0 Å². The molecule has 0 N–H and O–H groups in total. The SMILES string of the molecule is CC1[C-]=NN(C)C1=O.[Rh]. The van der Waals surface area contributed by atoms with Gasteiger partial charge >= 0.3 is 0 Å². The summed E-state index contributed by atoms with van der Waals surface area (Å²) in [7, 11) is 1.62. The fraction of sp³-hybridized carbons (Fsp3) is 0.600. The zero-order chi connectivity index (χ0) is 6.15. The number of carbonyl (C=O) groups excluding carboxylic acids is 1. The fourth-order valence-electron chi connectivity index (χ4n) is 0.558. The molecule has 0 aromatic heterocycles. The van der Waals surface area contributed by atoms with Gasteiger partial charge in [0.1, 0.15) is 0 Å². The van der Waals surface area contributed by atoms with Crippen LogP contribution in [0.15, 0.2) is 5.10 Å². The Labute approximate surface area is 66.9 Å². The van der Waals surface area contributed by atoms with Crippen LogP contribution in [0.2, 0.25) is 0 Å². The normalized spacial score (nSPS) is 24.4. The van der Waals surface area contributed by atoms with Crippen LogP contribution in [0.1, 0.15) is 6.92 Å². The molecule has 1 aliphatic rings. The maximum Gasteiger partial charge on any atom is 0.214 e. The summed E-state index contributed by atoms with van der Waals surface area (Å²) in [5.41, 5.74) is 0. The summed E-state index contributed by atoms with van der Waals surface area (Å²) in [5, 5.41) is 4.93. The van der Waals surface area contributed by atoms with E-state index in [1.807, 2.05) is 0 Å². The first-order chi connectivity index (χ1) is 3.72. The maximum absolute atomic E-state index is 10.7. The predicted molar refractivity (Wildman–Crippen MR) is 29.4 cm³/mol. The molecule has 0 saturated carbocycles. The van der Waals surface area contributed by atoms with Crippen LogP contribution in [-0.4, -0.2) is 24.2 Å². The Morgan fingerprint density at radius 2 is 2.33 bits per heavy atom. The summed E-state index contributed by atoms with van der Waals surface area (Å²) < 4.78 is 0. The van der Waals surface area contributed by atoms with Crippen molar-refractivity contribution in [2.75, 3.05) is 7.05 Å². The second-order valence-corrected chi connectivity index (χ2v) is 1.81. The summed E-state index contributed by atoms with van der Waals surface area (Å²) in [6.45, 7) is 1.77. The summed E-state index contributed by atoms with van der Waals surface area (Å²) in [6.07, 6.45) is 2.62. The van der Waals surface area contributed by atoms with Gasteiger partial charge in [0.2, 0.25) is 5.91 Å². The van der Waals surface area contributed by atoms with Gasteiger partial charge in [0.05, 0.1) is 0 Å². The van der Waals surface area contributed by atoms with Gasteiger partial charge in [-0.05, 0) is 0 Å². The Morgan fingerprint density at radius 1 is 1.78 bits per heavy atom. The zero-order valence-electron chi connectivity index (χ0n) is 5.21. The van der Waals surface area contributed by atoms with E-state index in [0.717, 1.165) is 0 Å². The van der Waals surface area contributed by atoms with Crippen molar-refractivity contribution in [3.63, 3.8) is 0 Å². The molecule has 1 unspecified atom stereocenters. The molecule has 0 saturated heterocycles. The zero-order valence-corrected chi connectivity index (χ0v) is 6.85. The molecule has 0 spiro atoms. The third-order valence-corrected chi connectivity index (χ3v) is 1.09. The maximum atomic E-state index is 10.7. The quantitative estimate of drug-likeness (QED) is 0.411. The second-order valence-electron chi connectivity index (χ2n) is 1.81. The van der Waals surface area contributed by atoms with Crippen molar-refractivity contribution in [2.45, 2.75) is 6.92 Å². The van der Waals surface area contributed by atoms with Gasteiger partial charge in [-0.3, -0.25) is 9.80 Å². The molecule has 1 atom stereocenters. The molecule has 1 amide bonds. The average molecular weight is 214 g/mol. The largest absolute Gasteiger partial charge is 0.394 e. The van der Waals surface area contributed by atoms with E-state index in [1.54, 1.807) is 14.0 Å². The van der Waals surface area contributed by atoms with Crippen LogP contribution in [0.3, 0.4) is 0 Å². The number of rotatable bonds is 0. The number of carbonyl (C=O) groups is 1. The Morgan fingerprint density at radius 3 is 2.44 bits per heavy atom. The molecular formula is C5H7N2ORh-. The molecule has 1 radical (unpaired) electrons. The van der Waals surface area contributed by atoms with Crippen molar-refractivity contribution >= 4 is 12.1 Å². The van der Waals surface area contributed by atoms with Gasteiger partial charge in [0.25, 0.3) is 0 Å². The number of hydrogen-bond acceptors (Lipinski definition) is 2. The van der Waals surface area contributed by atoms with E-state index < -0.39 is 0 Å². The second kappa shape index (κ2) is 3.07. The average Bonchev–Trinajstić information content (AvgIpc) is 1.98. The predicted octanol–water partition coefficient (Wildman–Crippen LogP) is -0.0452. The third kappa shape index (κ3) is 1.58. The minimum absolute atomic E-state index is 0. The topological polar surface area (TPSA) is 32.7 Å². The van der Waals surface area contributed by atoms with E-state index in [-0.39, 0.29) is 31.3 Å². The van der Waals surface area contributed by atoms with E-state index in [9.17, 15) is 4.79 Å². The fourth-order valence-corrected chi connectivity index (χ4v) is 0.558.